The first-order valence-electron chi connectivity index (χ1n) is 9.77. The zero-order valence-electron chi connectivity index (χ0n) is 16.9. The van der Waals surface area contributed by atoms with Crippen LogP contribution in [0.3, 0.4) is 0 Å². The summed E-state index contributed by atoms with van der Waals surface area (Å²) in [7, 11) is 1.55. The molecular formula is C22H21N5O4. The average Bonchev–Trinajstić information content (AvgIpc) is 3.33. The molecule has 31 heavy (non-hydrogen) atoms. The zero-order valence-corrected chi connectivity index (χ0v) is 16.9. The van der Waals surface area contributed by atoms with E-state index in [1.165, 1.54) is 6.20 Å². The number of nitrogens with two attached hydrogens (primary N) is 1. The summed E-state index contributed by atoms with van der Waals surface area (Å²) in [6, 6.07) is 12.4. The van der Waals surface area contributed by atoms with E-state index in [-0.39, 0.29) is 29.2 Å². The topological polar surface area (TPSA) is 125 Å². The van der Waals surface area contributed by atoms with Gasteiger partial charge in [0.1, 0.15) is 18.4 Å². The predicted octanol–water partition coefficient (Wildman–Crippen LogP) is 3.35. The summed E-state index contributed by atoms with van der Waals surface area (Å²) >= 11 is 0. The van der Waals surface area contributed by atoms with Crippen LogP contribution in [0.1, 0.15) is 18.5 Å². The van der Waals surface area contributed by atoms with E-state index in [1.54, 1.807) is 31.4 Å². The maximum Gasteiger partial charge on any atom is 0.263 e. The van der Waals surface area contributed by atoms with Crippen LogP contribution >= 0.6 is 0 Å². The van der Waals surface area contributed by atoms with E-state index in [0.717, 1.165) is 12.8 Å². The van der Waals surface area contributed by atoms with Gasteiger partial charge in [-0.2, -0.15) is 10.2 Å². The summed E-state index contributed by atoms with van der Waals surface area (Å²) in [6.45, 7) is 1.02. The Morgan fingerprint density at radius 3 is 2.81 bits per heavy atom. The van der Waals surface area contributed by atoms with Crippen molar-refractivity contribution in [1.29, 1.82) is 5.26 Å². The third-order valence-corrected chi connectivity index (χ3v) is 4.70. The van der Waals surface area contributed by atoms with Crippen LogP contribution in [0.4, 0.5) is 5.82 Å². The number of rotatable bonds is 7. The first-order valence-corrected chi connectivity index (χ1v) is 9.77. The van der Waals surface area contributed by atoms with Gasteiger partial charge in [0.25, 0.3) is 5.88 Å². The summed E-state index contributed by atoms with van der Waals surface area (Å²) in [5.41, 5.74) is 7.08. The fourth-order valence-electron chi connectivity index (χ4n) is 3.16. The van der Waals surface area contributed by atoms with Crippen LogP contribution in [-0.2, 0) is 4.74 Å². The van der Waals surface area contributed by atoms with E-state index in [4.69, 9.17) is 29.9 Å². The quantitative estimate of drug-likeness (QED) is 0.613. The maximum atomic E-state index is 9.13. The molecule has 3 aromatic rings. The summed E-state index contributed by atoms with van der Waals surface area (Å²) in [5.74, 6) is 1.73. The molecule has 1 atom stereocenters. The van der Waals surface area contributed by atoms with Gasteiger partial charge in [-0.05, 0) is 37.1 Å². The number of methoxy groups -OCH3 is 1. The second-order valence-electron chi connectivity index (χ2n) is 6.81. The lowest BCUT2D eigenvalue weighted by Crippen LogP contribution is -2.17. The van der Waals surface area contributed by atoms with Gasteiger partial charge in [0.15, 0.2) is 23.1 Å². The molecule has 1 aliphatic heterocycles. The van der Waals surface area contributed by atoms with Crippen molar-refractivity contribution in [2.75, 3.05) is 26.1 Å². The van der Waals surface area contributed by atoms with Gasteiger partial charge in [-0.25, -0.2) is 9.97 Å². The van der Waals surface area contributed by atoms with Crippen molar-refractivity contribution >= 4 is 5.82 Å². The standard InChI is InChI=1S/C22H21N5O4/c1-28-17-6-2-3-7-18(17)31-19-20(24)26-21(14-8-9-25-15(11-14)12-23)27-22(19)30-13-16-5-4-10-29-16/h2-3,6-9,11,16H,4-5,10,13H2,1H3,(H2,24,26,27). The van der Waals surface area contributed by atoms with E-state index in [0.29, 0.717) is 36.1 Å². The molecule has 158 valence electrons. The van der Waals surface area contributed by atoms with Gasteiger partial charge in [-0.3, -0.25) is 0 Å². The second-order valence-corrected chi connectivity index (χ2v) is 6.81. The van der Waals surface area contributed by atoms with Crippen LogP contribution in [-0.4, -0.2) is 41.4 Å². The Hall–Kier alpha value is -3.90. The molecule has 9 heteroatoms. The van der Waals surface area contributed by atoms with Gasteiger partial charge in [-0.15, -0.1) is 0 Å². The van der Waals surface area contributed by atoms with Crippen LogP contribution in [0.2, 0.25) is 0 Å². The highest BCUT2D eigenvalue weighted by molar-refractivity contribution is 5.64. The molecule has 0 saturated carbocycles. The fraction of sp³-hybridized carbons (Fsp3) is 0.273. The first kappa shape index (κ1) is 20.4. The van der Waals surface area contributed by atoms with Crippen molar-refractivity contribution in [2.45, 2.75) is 18.9 Å². The van der Waals surface area contributed by atoms with Crippen molar-refractivity contribution in [3.63, 3.8) is 0 Å². The summed E-state index contributed by atoms with van der Waals surface area (Å²) in [5, 5.41) is 9.13. The molecule has 2 N–H and O–H groups in total. The average molecular weight is 419 g/mol. The molecule has 0 spiro atoms. The van der Waals surface area contributed by atoms with Crippen LogP contribution in [0.15, 0.2) is 42.6 Å². The van der Waals surface area contributed by atoms with Gasteiger partial charge in [0.05, 0.1) is 13.2 Å². The van der Waals surface area contributed by atoms with Crippen molar-refractivity contribution in [3.8, 4) is 40.6 Å². The molecule has 1 aromatic carbocycles. The van der Waals surface area contributed by atoms with Crippen molar-refractivity contribution in [1.82, 2.24) is 15.0 Å². The van der Waals surface area contributed by atoms with Crippen LogP contribution in [0.25, 0.3) is 11.4 Å². The Balaban J connectivity index is 1.72. The Labute approximate surface area is 179 Å². The minimum atomic E-state index is -0.0233. The van der Waals surface area contributed by atoms with E-state index < -0.39 is 0 Å². The number of hydrogen-bond donors (Lipinski definition) is 1. The number of ether oxygens (including phenoxy) is 4. The van der Waals surface area contributed by atoms with Crippen LogP contribution in [0.5, 0.6) is 23.1 Å². The third-order valence-electron chi connectivity index (χ3n) is 4.70. The molecule has 0 radical (unpaired) electrons. The first-order chi connectivity index (χ1) is 15.2. The molecule has 0 aliphatic carbocycles. The van der Waals surface area contributed by atoms with Crippen molar-refractivity contribution in [2.24, 2.45) is 0 Å². The van der Waals surface area contributed by atoms with Gasteiger partial charge >= 0.3 is 0 Å². The molecule has 4 rings (SSSR count). The van der Waals surface area contributed by atoms with Crippen molar-refractivity contribution in [3.05, 3.63) is 48.3 Å². The number of nitrogens with zero attached hydrogens (tertiary/aromatic N) is 4. The van der Waals surface area contributed by atoms with E-state index in [9.17, 15) is 0 Å². The highest BCUT2D eigenvalue weighted by Crippen LogP contribution is 2.39. The van der Waals surface area contributed by atoms with E-state index in [1.807, 2.05) is 18.2 Å². The molecule has 1 saturated heterocycles. The third kappa shape index (κ3) is 4.65. The summed E-state index contributed by atoms with van der Waals surface area (Å²) in [4.78, 5) is 12.9. The predicted molar refractivity (Wildman–Crippen MR) is 112 cm³/mol. The monoisotopic (exact) mass is 419 g/mol. The summed E-state index contributed by atoms with van der Waals surface area (Å²) < 4.78 is 23.0. The second kappa shape index (κ2) is 9.28. The fourth-order valence-corrected chi connectivity index (χ4v) is 3.16. The highest BCUT2D eigenvalue weighted by atomic mass is 16.6. The number of pyridine rings is 1. The number of anilines is 1. The number of nitriles is 1. The largest absolute Gasteiger partial charge is 0.493 e. The highest BCUT2D eigenvalue weighted by Gasteiger charge is 2.22. The molecule has 1 aliphatic rings. The number of para-hydroxylation sites is 2. The minimum absolute atomic E-state index is 0.0233. The van der Waals surface area contributed by atoms with Gasteiger partial charge in [0.2, 0.25) is 5.75 Å². The molecule has 2 aromatic heterocycles. The molecule has 3 heterocycles. The maximum absolute atomic E-state index is 9.13. The number of nitrogen functional groups attached to an aromatic ring is 1. The SMILES string of the molecule is COc1ccccc1Oc1c(N)nc(-c2ccnc(C#N)c2)nc1OCC1CCCO1. The van der Waals surface area contributed by atoms with E-state index in [2.05, 4.69) is 15.0 Å². The van der Waals surface area contributed by atoms with Gasteiger partial charge in [-0.1, -0.05) is 12.1 Å². The molecule has 1 unspecified atom stereocenters. The lowest BCUT2D eigenvalue weighted by molar-refractivity contribution is 0.0654. The van der Waals surface area contributed by atoms with Crippen LogP contribution in [0, 0.1) is 11.3 Å². The smallest absolute Gasteiger partial charge is 0.263 e. The van der Waals surface area contributed by atoms with Crippen molar-refractivity contribution < 1.29 is 18.9 Å². The van der Waals surface area contributed by atoms with Gasteiger partial charge < -0.3 is 24.7 Å². The molecule has 9 nitrogen and oxygen atoms in total. The number of benzene rings is 1. The molecule has 0 bridgehead atoms. The lowest BCUT2D eigenvalue weighted by Gasteiger charge is -2.17. The molecule has 1 fully saturated rings. The Bertz CT molecular complexity index is 1110. The molecule has 0 amide bonds. The van der Waals surface area contributed by atoms with E-state index >= 15 is 0 Å². The Morgan fingerprint density at radius 1 is 1.23 bits per heavy atom. The van der Waals surface area contributed by atoms with Gasteiger partial charge in [0, 0.05) is 18.4 Å². The number of aromatic nitrogens is 3. The minimum Gasteiger partial charge on any atom is -0.493 e. The Morgan fingerprint density at radius 2 is 2.06 bits per heavy atom. The normalized spacial score (nSPS) is 15.3. The lowest BCUT2D eigenvalue weighted by atomic mass is 10.2. The zero-order chi connectivity index (χ0) is 21.6. The Kier molecular flexibility index (Phi) is 6.10. The summed E-state index contributed by atoms with van der Waals surface area (Å²) in [6.07, 6.45) is 3.39. The molecular weight excluding hydrogens is 398 g/mol. The van der Waals surface area contributed by atoms with Crippen LogP contribution < -0.4 is 19.9 Å². The number of hydrogen-bond acceptors (Lipinski definition) is 9.